The summed E-state index contributed by atoms with van der Waals surface area (Å²) in [5, 5.41) is 7.09. The van der Waals surface area contributed by atoms with Gasteiger partial charge in [0.1, 0.15) is 5.50 Å². The first-order chi connectivity index (χ1) is 16.2. The fraction of sp³-hybridized carbons (Fsp3) is 0.375. The van der Waals surface area contributed by atoms with Gasteiger partial charge in [0.2, 0.25) is 11.8 Å². The molecule has 0 saturated carbocycles. The van der Waals surface area contributed by atoms with Crippen LogP contribution in [0.1, 0.15) is 42.6 Å². The van der Waals surface area contributed by atoms with Crippen molar-refractivity contribution in [3.8, 4) is 0 Å². The minimum atomic E-state index is -3.85. The zero-order chi connectivity index (χ0) is 24.7. The third-order valence-corrected chi connectivity index (χ3v) is 8.54. The van der Waals surface area contributed by atoms with Gasteiger partial charge in [-0.2, -0.15) is 0 Å². The average Bonchev–Trinajstić information content (AvgIpc) is 2.81. The van der Waals surface area contributed by atoms with Crippen molar-refractivity contribution in [1.29, 1.82) is 0 Å². The maximum Gasteiger partial charge on any atom is 0.241 e. The summed E-state index contributed by atoms with van der Waals surface area (Å²) in [6.07, 6.45) is 2.97. The van der Waals surface area contributed by atoms with E-state index in [2.05, 4.69) is 22.9 Å². The zero-order valence-electron chi connectivity index (χ0n) is 19.2. The normalized spacial score (nSPS) is 18.2. The van der Waals surface area contributed by atoms with Crippen LogP contribution in [-0.2, 0) is 25.8 Å². The smallest absolute Gasteiger partial charge is 0.241 e. The van der Waals surface area contributed by atoms with Gasteiger partial charge >= 0.3 is 0 Å². The molecule has 3 rings (SSSR count). The summed E-state index contributed by atoms with van der Waals surface area (Å²) in [6, 6.07) is 13.3. The van der Waals surface area contributed by atoms with E-state index in [1.54, 1.807) is 48.5 Å². The second-order valence-corrected chi connectivity index (χ2v) is 11.3. The van der Waals surface area contributed by atoms with Crippen molar-refractivity contribution < 1.29 is 22.8 Å². The van der Waals surface area contributed by atoms with Crippen molar-refractivity contribution in [2.75, 3.05) is 17.6 Å². The molecule has 1 aliphatic rings. The highest BCUT2D eigenvalue weighted by Gasteiger charge is 2.38. The van der Waals surface area contributed by atoms with E-state index in [0.717, 1.165) is 36.6 Å². The second kappa shape index (κ2) is 11.6. The number of sulfone groups is 1. The number of anilines is 1. The Labute approximate surface area is 204 Å². The number of benzene rings is 2. The predicted molar refractivity (Wildman–Crippen MR) is 133 cm³/mol. The van der Waals surface area contributed by atoms with Crippen LogP contribution in [-0.4, -0.2) is 49.1 Å². The van der Waals surface area contributed by atoms with Crippen LogP contribution in [0, 0.1) is 0 Å². The van der Waals surface area contributed by atoms with Crippen molar-refractivity contribution >= 4 is 44.9 Å². The molecule has 34 heavy (non-hydrogen) atoms. The third kappa shape index (κ3) is 6.68. The van der Waals surface area contributed by atoms with Gasteiger partial charge in [-0.15, -0.1) is 11.8 Å². The van der Waals surface area contributed by atoms with E-state index in [-0.39, 0.29) is 28.9 Å². The number of hydrogen-bond donors (Lipinski definition) is 3. The topological polar surface area (TPSA) is 121 Å². The van der Waals surface area contributed by atoms with E-state index in [0.29, 0.717) is 11.3 Å². The Hall–Kier alpha value is -2.69. The Morgan fingerprint density at radius 1 is 1.15 bits per heavy atom. The van der Waals surface area contributed by atoms with Gasteiger partial charge < -0.3 is 10.6 Å². The van der Waals surface area contributed by atoms with Crippen LogP contribution >= 0.6 is 11.8 Å². The molecule has 1 fully saturated rings. The Balaban J connectivity index is 1.52. The van der Waals surface area contributed by atoms with Gasteiger partial charge in [-0.1, -0.05) is 37.6 Å². The summed E-state index contributed by atoms with van der Waals surface area (Å²) in [5.41, 5.74) is 1.47. The minimum absolute atomic E-state index is 0.0267. The fourth-order valence-electron chi connectivity index (χ4n) is 3.49. The van der Waals surface area contributed by atoms with E-state index >= 15 is 0 Å². The summed E-state index contributed by atoms with van der Waals surface area (Å²) in [4.78, 5) is 36.5. The molecular weight excluding hydrogens is 474 g/mol. The van der Waals surface area contributed by atoms with Gasteiger partial charge in [0.25, 0.3) is 0 Å². The predicted octanol–water partition coefficient (Wildman–Crippen LogP) is 2.75. The molecule has 2 aromatic carbocycles. The molecule has 0 aromatic heterocycles. The molecule has 0 aliphatic carbocycles. The van der Waals surface area contributed by atoms with E-state index in [1.807, 2.05) is 0 Å². The molecule has 0 bridgehead atoms. The van der Waals surface area contributed by atoms with Gasteiger partial charge in [0.15, 0.2) is 20.9 Å². The van der Waals surface area contributed by atoms with E-state index < -0.39 is 26.5 Å². The summed E-state index contributed by atoms with van der Waals surface area (Å²) < 4.78 is 26.0. The summed E-state index contributed by atoms with van der Waals surface area (Å²) in [6.45, 7) is 3.50. The number of carbonyl (C=O) groups excluding carboxylic acids is 3. The number of unbranched alkanes of at least 4 members (excludes halogenated alkanes) is 1. The largest absolute Gasteiger partial charge is 0.331 e. The number of ketones is 1. The van der Waals surface area contributed by atoms with Crippen molar-refractivity contribution in [1.82, 2.24) is 10.6 Å². The molecule has 2 aromatic rings. The highest BCUT2D eigenvalue weighted by atomic mass is 32.2. The molecule has 1 aliphatic heterocycles. The van der Waals surface area contributed by atoms with Crippen LogP contribution in [0.2, 0.25) is 0 Å². The molecule has 1 heterocycles. The standard InChI is InChI=1S/C24H29N3O5S2/c1-3-4-6-17-9-11-20(12-10-17)34(31,32)21-14-25-24(27-23(21)30)33-15-22(29)26-19-8-5-7-18(13-19)16(2)28/h5,7-13,21,24-25H,3-4,6,14-15H2,1-2H3,(H,26,29)(H,27,30). The quantitative estimate of drug-likeness (QED) is 0.426. The van der Waals surface area contributed by atoms with E-state index in [4.69, 9.17) is 0 Å². The molecule has 0 radical (unpaired) electrons. The molecule has 1 saturated heterocycles. The molecule has 10 heteroatoms. The molecule has 8 nitrogen and oxygen atoms in total. The van der Waals surface area contributed by atoms with Crippen LogP contribution in [0.5, 0.6) is 0 Å². The number of aryl methyl sites for hydroxylation is 1. The number of thioether (sulfide) groups is 1. The second-order valence-electron chi connectivity index (χ2n) is 8.07. The van der Waals surface area contributed by atoms with Crippen LogP contribution in [0.25, 0.3) is 0 Å². The van der Waals surface area contributed by atoms with Gasteiger partial charge in [0.05, 0.1) is 10.6 Å². The molecule has 182 valence electrons. The fourth-order valence-corrected chi connectivity index (χ4v) is 5.81. The highest BCUT2D eigenvalue weighted by Crippen LogP contribution is 2.21. The lowest BCUT2D eigenvalue weighted by Gasteiger charge is -2.29. The van der Waals surface area contributed by atoms with Crippen LogP contribution in [0.15, 0.2) is 53.4 Å². The Morgan fingerprint density at radius 3 is 2.53 bits per heavy atom. The summed E-state index contributed by atoms with van der Waals surface area (Å²) >= 11 is 1.14. The number of hydrogen-bond acceptors (Lipinski definition) is 7. The van der Waals surface area contributed by atoms with E-state index in [9.17, 15) is 22.8 Å². The Kier molecular flexibility index (Phi) is 8.87. The first-order valence-electron chi connectivity index (χ1n) is 11.1. The first-order valence-corrected chi connectivity index (χ1v) is 13.7. The molecular formula is C24H29N3O5S2. The van der Waals surface area contributed by atoms with Crippen LogP contribution < -0.4 is 16.0 Å². The summed E-state index contributed by atoms with van der Waals surface area (Å²) in [7, 11) is -3.85. The lowest BCUT2D eigenvalue weighted by Crippen LogP contribution is -2.59. The Bertz CT molecular complexity index is 1150. The number of nitrogens with one attached hydrogen (secondary N) is 3. The maximum atomic E-state index is 13.0. The monoisotopic (exact) mass is 503 g/mol. The molecule has 2 amide bonds. The van der Waals surface area contributed by atoms with Gasteiger partial charge in [0, 0.05) is 17.8 Å². The molecule has 3 N–H and O–H groups in total. The minimum Gasteiger partial charge on any atom is -0.331 e. The van der Waals surface area contributed by atoms with Crippen LogP contribution in [0.3, 0.4) is 0 Å². The zero-order valence-corrected chi connectivity index (χ0v) is 20.8. The van der Waals surface area contributed by atoms with Crippen molar-refractivity contribution in [3.05, 3.63) is 59.7 Å². The van der Waals surface area contributed by atoms with Crippen LogP contribution in [0.4, 0.5) is 5.69 Å². The van der Waals surface area contributed by atoms with Crippen molar-refractivity contribution in [2.24, 2.45) is 0 Å². The summed E-state index contributed by atoms with van der Waals surface area (Å²) in [5.74, 6) is -0.976. The highest BCUT2D eigenvalue weighted by molar-refractivity contribution is 8.00. The van der Waals surface area contributed by atoms with Gasteiger partial charge in [-0.05, 0) is 49.6 Å². The van der Waals surface area contributed by atoms with Gasteiger partial charge in [-0.3, -0.25) is 19.7 Å². The number of carbonyl (C=O) groups is 3. The third-order valence-electron chi connectivity index (χ3n) is 5.43. The lowest BCUT2D eigenvalue weighted by molar-refractivity contribution is -0.122. The lowest BCUT2D eigenvalue weighted by atomic mass is 10.1. The SMILES string of the molecule is CCCCc1ccc(S(=O)(=O)C2CNC(SCC(=O)Nc3cccc(C(C)=O)c3)NC2=O)cc1. The van der Waals surface area contributed by atoms with Gasteiger partial charge in [-0.25, -0.2) is 8.42 Å². The molecule has 2 atom stereocenters. The number of Topliss-reactive ketones (excluding diaryl/α,β-unsaturated/α-hetero) is 1. The Morgan fingerprint density at radius 2 is 1.88 bits per heavy atom. The number of amides is 2. The molecule has 0 spiro atoms. The maximum absolute atomic E-state index is 13.0. The molecule has 2 unspecified atom stereocenters. The van der Waals surface area contributed by atoms with Crippen molar-refractivity contribution in [2.45, 2.75) is 48.8 Å². The number of rotatable bonds is 10. The average molecular weight is 504 g/mol. The van der Waals surface area contributed by atoms with E-state index in [1.165, 1.54) is 6.92 Å². The van der Waals surface area contributed by atoms with Crippen molar-refractivity contribution in [3.63, 3.8) is 0 Å². The first kappa shape index (κ1) is 25.9.